The summed E-state index contributed by atoms with van der Waals surface area (Å²) >= 11 is 6.21. The summed E-state index contributed by atoms with van der Waals surface area (Å²) in [4.78, 5) is -0.512. The molecule has 0 saturated carbocycles. The predicted octanol–water partition coefficient (Wildman–Crippen LogP) is 4.04. The van der Waals surface area contributed by atoms with Crippen molar-refractivity contribution in [3.8, 4) is 0 Å². The van der Waals surface area contributed by atoms with Crippen LogP contribution in [0, 0.1) is 12.7 Å². The van der Waals surface area contributed by atoms with Gasteiger partial charge in [-0.3, -0.25) is 4.72 Å². The van der Waals surface area contributed by atoms with Crippen LogP contribution in [0.15, 0.2) is 44.2 Å². The minimum absolute atomic E-state index is 0.00848. The summed E-state index contributed by atoms with van der Waals surface area (Å²) in [6.45, 7) is 1.87. The number of benzene rings is 2. The minimum atomic E-state index is -4.09. The molecule has 0 aliphatic heterocycles. The highest BCUT2D eigenvalue weighted by Gasteiger charge is 2.22. The zero-order valence-corrected chi connectivity index (χ0v) is 14.8. The summed E-state index contributed by atoms with van der Waals surface area (Å²) in [7, 11) is -4.09. The van der Waals surface area contributed by atoms with Gasteiger partial charge in [0.25, 0.3) is 10.0 Å². The smallest absolute Gasteiger partial charge is 0.264 e. The first kappa shape index (κ1) is 16.3. The molecule has 0 aliphatic carbocycles. The Morgan fingerprint density at radius 2 is 1.81 bits per heavy atom. The molecule has 4 nitrogen and oxygen atoms in total. The van der Waals surface area contributed by atoms with Crippen molar-refractivity contribution in [1.29, 1.82) is 0 Å². The molecule has 21 heavy (non-hydrogen) atoms. The van der Waals surface area contributed by atoms with Crippen molar-refractivity contribution >= 4 is 53.3 Å². The number of rotatable bonds is 3. The van der Waals surface area contributed by atoms with E-state index in [1.807, 2.05) is 6.92 Å². The fraction of sp³-hybridized carbons (Fsp3) is 0.0769. The molecule has 3 N–H and O–H groups in total. The predicted molar refractivity (Wildman–Crippen MR) is 88.2 cm³/mol. The molecule has 2 aromatic carbocycles. The average Bonchev–Trinajstić information content (AvgIpc) is 2.37. The number of sulfonamides is 1. The largest absolute Gasteiger partial charge is 0.399 e. The SMILES string of the molecule is Cc1ccc(NS(=O)(=O)c2cc(N)cc(Br)c2F)c(Br)c1. The van der Waals surface area contributed by atoms with Crippen molar-refractivity contribution in [3.05, 3.63) is 50.7 Å². The molecule has 8 heteroatoms. The van der Waals surface area contributed by atoms with Gasteiger partial charge in [-0.05, 0) is 68.6 Å². The van der Waals surface area contributed by atoms with Crippen molar-refractivity contribution in [2.75, 3.05) is 10.5 Å². The maximum Gasteiger partial charge on any atom is 0.264 e. The maximum atomic E-state index is 14.0. The first-order valence-corrected chi connectivity index (χ1v) is 8.81. The van der Waals surface area contributed by atoms with Gasteiger partial charge in [0.1, 0.15) is 4.90 Å². The summed E-state index contributed by atoms with van der Waals surface area (Å²) in [6.07, 6.45) is 0. The molecular weight excluding hydrogens is 427 g/mol. The van der Waals surface area contributed by atoms with E-state index in [-0.39, 0.29) is 10.2 Å². The summed E-state index contributed by atoms with van der Waals surface area (Å²) in [5.74, 6) is -0.889. The van der Waals surface area contributed by atoms with Gasteiger partial charge in [0.2, 0.25) is 0 Å². The second-order valence-electron chi connectivity index (χ2n) is 4.40. The molecule has 0 saturated heterocycles. The Morgan fingerprint density at radius 1 is 1.14 bits per heavy atom. The van der Waals surface area contributed by atoms with Crippen LogP contribution in [0.25, 0.3) is 0 Å². The Morgan fingerprint density at radius 3 is 2.43 bits per heavy atom. The third-order valence-corrected chi connectivity index (χ3v) is 5.27. The van der Waals surface area contributed by atoms with E-state index in [0.29, 0.717) is 10.2 Å². The maximum absolute atomic E-state index is 14.0. The number of nitrogen functional groups attached to an aromatic ring is 1. The monoisotopic (exact) mass is 436 g/mol. The van der Waals surface area contributed by atoms with Crippen LogP contribution in [-0.2, 0) is 10.0 Å². The van der Waals surface area contributed by atoms with Crippen LogP contribution < -0.4 is 10.5 Å². The van der Waals surface area contributed by atoms with Gasteiger partial charge in [0, 0.05) is 10.2 Å². The first-order chi connectivity index (χ1) is 9.70. The van der Waals surface area contributed by atoms with Crippen LogP contribution in [0.4, 0.5) is 15.8 Å². The Bertz CT molecular complexity index is 810. The molecule has 112 valence electrons. The second kappa shape index (κ2) is 5.94. The molecule has 0 spiro atoms. The minimum Gasteiger partial charge on any atom is -0.399 e. The number of anilines is 2. The van der Waals surface area contributed by atoms with Gasteiger partial charge in [-0.2, -0.15) is 0 Å². The normalized spacial score (nSPS) is 11.4. The molecule has 2 rings (SSSR count). The summed E-state index contributed by atoms with van der Waals surface area (Å²) in [5.41, 5.74) is 6.99. The van der Waals surface area contributed by atoms with Crippen molar-refractivity contribution in [1.82, 2.24) is 0 Å². The van der Waals surface area contributed by atoms with Gasteiger partial charge in [-0.25, -0.2) is 12.8 Å². The van der Waals surface area contributed by atoms with Crippen LogP contribution in [0.5, 0.6) is 0 Å². The lowest BCUT2D eigenvalue weighted by Gasteiger charge is -2.12. The Labute approximate surface area is 138 Å². The van der Waals surface area contributed by atoms with E-state index < -0.39 is 20.7 Å². The van der Waals surface area contributed by atoms with E-state index in [0.717, 1.165) is 11.6 Å². The number of halogens is 3. The van der Waals surface area contributed by atoms with Gasteiger partial charge < -0.3 is 5.73 Å². The Kier molecular flexibility index (Phi) is 4.60. The highest BCUT2D eigenvalue weighted by atomic mass is 79.9. The first-order valence-electron chi connectivity index (χ1n) is 5.74. The average molecular weight is 438 g/mol. The molecule has 0 bridgehead atoms. The molecule has 0 amide bonds. The van der Waals surface area contributed by atoms with Crippen LogP contribution in [0.1, 0.15) is 5.56 Å². The highest BCUT2D eigenvalue weighted by molar-refractivity contribution is 9.10. The quantitative estimate of drug-likeness (QED) is 0.711. The standard InChI is InChI=1S/C13H11Br2FN2O2S/c1-7-2-3-11(9(14)4-7)18-21(19,20)12-6-8(17)5-10(15)13(12)16/h2-6,18H,17H2,1H3. The molecular formula is C13H11Br2FN2O2S. The zero-order chi connectivity index (χ0) is 15.8. The van der Waals surface area contributed by atoms with Gasteiger partial charge in [0.05, 0.1) is 10.2 Å². The number of hydrogen-bond acceptors (Lipinski definition) is 3. The molecule has 0 aromatic heterocycles. The molecule has 2 aromatic rings. The van der Waals surface area contributed by atoms with E-state index in [1.54, 1.807) is 18.2 Å². The van der Waals surface area contributed by atoms with Crippen LogP contribution in [0.2, 0.25) is 0 Å². The fourth-order valence-electron chi connectivity index (χ4n) is 1.68. The van der Waals surface area contributed by atoms with Crippen LogP contribution in [-0.4, -0.2) is 8.42 Å². The summed E-state index contributed by atoms with van der Waals surface area (Å²) < 4.78 is 41.5. The summed E-state index contributed by atoms with van der Waals surface area (Å²) in [6, 6.07) is 7.47. The lowest BCUT2D eigenvalue weighted by Crippen LogP contribution is -2.15. The van der Waals surface area contributed by atoms with E-state index in [9.17, 15) is 12.8 Å². The van der Waals surface area contributed by atoms with E-state index >= 15 is 0 Å². The van der Waals surface area contributed by atoms with E-state index in [4.69, 9.17) is 5.73 Å². The van der Waals surface area contributed by atoms with Crippen LogP contribution >= 0.6 is 31.9 Å². The molecule has 0 heterocycles. The summed E-state index contributed by atoms with van der Waals surface area (Å²) in [5, 5.41) is 0. The van der Waals surface area contributed by atoms with Gasteiger partial charge >= 0.3 is 0 Å². The molecule has 0 atom stereocenters. The lowest BCUT2D eigenvalue weighted by molar-refractivity contribution is 0.567. The Hall–Kier alpha value is -1.12. The zero-order valence-electron chi connectivity index (χ0n) is 10.8. The second-order valence-corrected chi connectivity index (χ2v) is 7.76. The lowest BCUT2D eigenvalue weighted by atomic mass is 10.2. The molecule has 0 radical (unpaired) electrons. The van der Waals surface area contributed by atoms with E-state index in [1.165, 1.54) is 6.07 Å². The number of nitrogens with one attached hydrogen (secondary N) is 1. The number of nitrogens with two attached hydrogens (primary N) is 1. The Balaban J connectivity index is 2.48. The van der Waals surface area contributed by atoms with Crippen molar-refractivity contribution < 1.29 is 12.8 Å². The topological polar surface area (TPSA) is 72.2 Å². The molecule has 0 fully saturated rings. The number of hydrogen-bond donors (Lipinski definition) is 2. The third kappa shape index (κ3) is 3.56. The van der Waals surface area contributed by atoms with Gasteiger partial charge in [0.15, 0.2) is 5.82 Å². The van der Waals surface area contributed by atoms with E-state index in [2.05, 4.69) is 36.6 Å². The van der Waals surface area contributed by atoms with Crippen molar-refractivity contribution in [2.45, 2.75) is 11.8 Å². The molecule has 0 unspecified atom stereocenters. The third-order valence-electron chi connectivity index (χ3n) is 2.68. The molecule has 0 aliphatic rings. The van der Waals surface area contributed by atoms with Gasteiger partial charge in [-0.1, -0.05) is 6.07 Å². The number of aryl methyl sites for hydroxylation is 1. The highest BCUT2D eigenvalue weighted by Crippen LogP contribution is 2.30. The van der Waals surface area contributed by atoms with Gasteiger partial charge in [-0.15, -0.1) is 0 Å². The van der Waals surface area contributed by atoms with Crippen LogP contribution in [0.3, 0.4) is 0 Å². The van der Waals surface area contributed by atoms with Crippen molar-refractivity contribution in [2.24, 2.45) is 0 Å². The fourth-order valence-corrected chi connectivity index (χ4v) is 4.23. The van der Waals surface area contributed by atoms with Crippen molar-refractivity contribution in [3.63, 3.8) is 0 Å².